The normalized spacial score (nSPS) is 10.6. The van der Waals surface area contributed by atoms with E-state index in [1.54, 1.807) is 18.2 Å². The average molecular weight is 298 g/mol. The maximum atomic E-state index is 9.34. The van der Waals surface area contributed by atoms with Crippen molar-refractivity contribution in [1.82, 2.24) is 0 Å². The van der Waals surface area contributed by atoms with Crippen molar-refractivity contribution in [3.63, 3.8) is 0 Å². The molecule has 122 valence electrons. The number of methoxy groups -OCH3 is 2. The number of hydrogen-bond donors (Lipinski definition) is 2. The van der Waals surface area contributed by atoms with Gasteiger partial charge in [0.2, 0.25) is 5.75 Å². The van der Waals surface area contributed by atoms with E-state index in [4.69, 9.17) is 9.47 Å². The maximum Gasteiger partial charge on any atom is 0.200 e. The Hall–Kier alpha value is -1.42. The zero-order chi connectivity index (χ0) is 16.3. The molecule has 4 heteroatoms. The average Bonchev–Trinajstić information content (AvgIpc) is 2.44. The predicted octanol–water partition coefficient (Wildman–Crippen LogP) is 4.14. The molecule has 0 saturated carbocycles. The molecule has 0 unspecified atom stereocenters. The lowest BCUT2D eigenvalue weighted by Gasteiger charge is -2.15. The quantitative estimate of drug-likeness (QED) is 0.743. The van der Waals surface area contributed by atoms with Gasteiger partial charge in [0.05, 0.1) is 19.8 Å². The van der Waals surface area contributed by atoms with E-state index in [1.807, 2.05) is 13.8 Å². The first-order chi connectivity index (χ1) is 9.85. The Kier molecular flexibility index (Phi) is 9.63. The minimum absolute atomic E-state index is 0.0394. The molecule has 1 aromatic carbocycles. The van der Waals surface area contributed by atoms with E-state index in [-0.39, 0.29) is 5.75 Å². The number of aromatic hydroxyl groups is 1. The summed E-state index contributed by atoms with van der Waals surface area (Å²) < 4.78 is 9.71. The second-order valence-electron chi connectivity index (χ2n) is 5.63. The predicted molar refractivity (Wildman–Crippen MR) is 86.3 cm³/mol. The number of unbranched alkanes of at least 4 members (excludes halogenated alkanes) is 3. The van der Waals surface area contributed by atoms with Gasteiger partial charge >= 0.3 is 0 Å². The molecule has 0 atom stereocenters. The van der Waals surface area contributed by atoms with Gasteiger partial charge in [0.1, 0.15) is 0 Å². The molecular formula is C17H30O4. The zero-order valence-electron chi connectivity index (χ0n) is 14.0. The molecule has 21 heavy (non-hydrogen) atoms. The van der Waals surface area contributed by atoms with Gasteiger partial charge in [0.25, 0.3) is 0 Å². The number of aliphatic hydroxyl groups is 1. The second-order valence-corrected chi connectivity index (χ2v) is 5.63. The summed E-state index contributed by atoms with van der Waals surface area (Å²) in [7, 11) is 2.99. The van der Waals surface area contributed by atoms with Crippen LogP contribution in [0.15, 0.2) is 18.2 Å². The Bertz CT molecular complexity index is 361. The summed E-state index contributed by atoms with van der Waals surface area (Å²) in [5, 5.41) is 18.7. The molecule has 0 aliphatic carbocycles. The van der Waals surface area contributed by atoms with Crippen LogP contribution in [0.5, 0.6) is 17.2 Å². The van der Waals surface area contributed by atoms with Crippen LogP contribution in [-0.4, -0.2) is 30.0 Å². The van der Waals surface area contributed by atoms with Crippen molar-refractivity contribution in [2.45, 2.75) is 58.5 Å². The van der Waals surface area contributed by atoms with Gasteiger partial charge in [-0.05, 0) is 32.4 Å². The first-order valence-electron chi connectivity index (χ1n) is 7.48. The van der Waals surface area contributed by atoms with Crippen molar-refractivity contribution < 1.29 is 19.7 Å². The van der Waals surface area contributed by atoms with E-state index in [9.17, 15) is 10.2 Å². The van der Waals surface area contributed by atoms with Crippen molar-refractivity contribution in [1.29, 1.82) is 0 Å². The fraction of sp³-hybridized carbons (Fsp3) is 0.647. The third-order valence-electron chi connectivity index (χ3n) is 3.04. The van der Waals surface area contributed by atoms with Crippen LogP contribution in [0, 0.1) is 0 Å². The molecule has 0 heterocycles. The minimum Gasteiger partial charge on any atom is -0.502 e. The molecule has 0 aliphatic heterocycles. The Labute approximate surface area is 128 Å². The Balaban J connectivity index is 0.000000384. The smallest absolute Gasteiger partial charge is 0.200 e. The highest BCUT2D eigenvalue weighted by Crippen LogP contribution is 2.34. The summed E-state index contributed by atoms with van der Waals surface area (Å²) in [4.78, 5) is 0. The Morgan fingerprint density at radius 3 is 1.90 bits per heavy atom. The summed E-state index contributed by atoms with van der Waals surface area (Å²) in [6, 6.07) is 5.08. The molecule has 0 spiro atoms. The molecule has 0 radical (unpaired) electrons. The lowest BCUT2D eigenvalue weighted by Crippen LogP contribution is -2.17. The SMILES string of the molecule is CCCCCCC(C)(C)O.COc1cccc(OC)c1O. The van der Waals surface area contributed by atoms with Crippen LogP contribution in [0.2, 0.25) is 0 Å². The molecule has 0 amide bonds. The summed E-state index contributed by atoms with van der Waals surface area (Å²) in [6.07, 6.45) is 5.94. The van der Waals surface area contributed by atoms with Crippen LogP contribution in [0.3, 0.4) is 0 Å². The topological polar surface area (TPSA) is 58.9 Å². The Morgan fingerprint density at radius 1 is 1.00 bits per heavy atom. The molecule has 2 N–H and O–H groups in total. The molecule has 1 aromatic rings. The van der Waals surface area contributed by atoms with E-state index in [0.717, 1.165) is 12.8 Å². The first kappa shape index (κ1) is 19.6. The van der Waals surface area contributed by atoms with Crippen LogP contribution in [0.25, 0.3) is 0 Å². The summed E-state index contributed by atoms with van der Waals surface area (Å²) >= 11 is 0. The molecule has 4 nitrogen and oxygen atoms in total. The molecule has 1 rings (SSSR count). The van der Waals surface area contributed by atoms with Crippen molar-refractivity contribution >= 4 is 0 Å². The molecule has 0 fully saturated rings. The Morgan fingerprint density at radius 2 is 1.52 bits per heavy atom. The van der Waals surface area contributed by atoms with E-state index >= 15 is 0 Å². The van der Waals surface area contributed by atoms with Gasteiger partial charge in [-0.3, -0.25) is 0 Å². The van der Waals surface area contributed by atoms with Crippen LogP contribution in [0.4, 0.5) is 0 Å². The van der Waals surface area contributed by atoms with Crippen LogP contribution in [0.1, 0.15) is 52.9 Å². The van der Waals surface area contributed by atoms with Crippen LogP contribution < -0.4 is 9.47 Å². The van der Waals surface area contributed by atoms with Gasteiger partial charge in [-0.2, -0.15) is 0 Å². The van der Waals surface area contributed by atoms with Crippen molar-refractivity contribution in [3.8, 4) is 17.2 Å². The lowest BCUT2D eigenvalue weighted by molar-refractivity contribution is 0.0680. The van der Waals surface area contributed by atoms with E-state index in [2.05, 4.69) is 6.92 Å². The molecular weight excluding hydrogens is 268 g/mol. The number of phenolic OH excluding ortho intramolecular Hbond substituents is 1. The summed E-state index contributed by atoms with van der Waals surface area (Å²) in [5.74, 6) is 0.881. The number of ether oxygens (including phenoxy) is 2. The summed E-state index contributed by atoms with van der Waals surface area (Å²) in [6.45, 7) is 5.95. The number of para-hydroxylation sites is 1. The number of rotatable bonds is 7. The van der Waals surface area contributed by atoms with Gasteiger partial charge in [-0.25, -0.2) is 0 Å². The molecule has 0 aromatic heterocycles. The van der Waals surface area contributed by atoms with Crippen molar-refractivity contribution in [2.24, 2.45) is 0 Å². The van der Waals surface area contributed by atoms with E-state index < -0.39 is 5.60 Å². The number of benzene rings is 1. The molecule has 0 saturated heterocycles. The summed E-state index contributed by atoms with van der Waals surface area (Å²) in [5.41, 5.74) is -0.451. The zero-order valence-corrected chi connectivity index (χ0v) is 14.0. The number of hydrogen-bond acceptors (Lipinski definition) is 4. The van der Waals surface area contributed by atoms with Gasteiger partial charge in [-0.1, -0.05) is 38.7 Å². The second kappa shape index (κ2) is 10.3. The van der Waals surface area contributed by atoms with E-state index in [0.29, 0.717) is 11.5 Å². The molecule has 0 aliphatic rings. The minimum atomic E-state index is -0.451. The number of phenols is 1. The van der Waals surface area contributed by atoms with Gasteiger partial charge in [0, 0.05) is 0 Å². The lowest BCUT2D eigenvalue weighted by atomic mass is 10.0. The van der Waals surface area contributed by atoms with Gasteiger partial charge in [-0.15, -0.1) is 0 Å². The molecule has 0 bridgehead atoms. The fourth-order valence-corrected chi connectivity index (χ4v) is 1.82. The largest absolute Gasteiger partial charge is 0.502 e. The highest BCUT2D eigenvalue weighted by Gasteiger charge is 2.10. The monoisotopic (exact) mass is 298 g/mol. The maximum absolute atomic E-state index is 9.34. The van der Waals surface area contributed by atoms with Gasteiger partial charge < -0.3 is 19.7 Å². The standard InChI is InChI=1S/C9H20O.C8H10O3/c1-4-5-6-7-8-9(2,3)10;1-10-6-4-3-5-7(11-2)8(6)9/h10H,4-8H2,1-3H3;3-5,9H,1-2H3. The third kappa shape index (κ3) is 9.19. The van der Waals surface area contributed by atoms with Crippen LogP contribution in [-0.2, 0) is 0 Å². The first-order valence-corrected chi connectivity index (χ1v) is 7.48. The van der Waals surface area contributed by atoms with Crippen molar-refractivity contribution in [3.05, 3.63) is 18.2 Å². The van der Waals surface area contributed by atoms with Crippen molar-refractivity contribution in [2.75, 3.05) is 14.2 Å². The van der Waals surface area contributed by atoms with Crippen LogP contribution >= 0.6 is 0 Å². The highest BCUT2D eigenvalue weighted by atomic mass is 16.5. The highest BCUT2D eigenvalue weighted by molar-refractivity contribution is 5.49. The van der Waals surface area contributed by atoms with E-state index in [1.165, 1.54) is 33.5 Å². The third-order valence-corrected chi connectivity index (χ3v) is 3.04. The fourth-order valence-electron chi connectivity index (χ4n) is 1.82. The van der Waals surface area contributed by atoms with Gasteiger partial charge in [0.15, 0.2) is 11.5 Å².